The Hall–Kier alpha value is -0.570. The van der Waals surface area contributed by atoms with E-state index < -0.39 is 0 Å². The maximum absolute atomic E-state index is 12.3. The van der Waals surface area contributed by atoms with Crippen molar-refractivity contribution in [3.05, 3.63) is 0 Å². The lowest BCUT2D eigenvalue weighted by Gasteiger charge is -2.30. The Morgan fingerprint density at radius 3 is 2.52 bits per heavy atom. The highest BCUT2D eigenvalue weighted by molar-refractivity contribution is 5.78. The topological polar surface area (TPSA) is 41.1 Å². The quantitative estimate of drug-likeness (QED) is 0.787. The van der Waals surface area contributed by atoms with Crippen molar-refractivity contribution in [2.24, 2.45) is 17.8 Å². The minimum Gasteiger partial charge on any atom is -0.356 e. The lowest BCUT2D eigenvalue weighted by molar-refractivity contribution is -0.126. The van der Waals surface area contributed by atoms with Crippen LogP contribution in [-0.4, -0.2) is 25.0 Å². The monoisotopic (exact) mass is 294 g/mol. The lowest BCUT2D eigenvalue weighted by atomic mass is 9.79. The summed E-state index contributed by atoms with van der Waals surface area (Å²) in [6.45, 7) is 6.36. The van der Waals surface area contributed by atoms with Gasteiger partial charge in [0, 0.05) is 18.5 Å². The summed E-state index contributed by atoms with van der Waals surface area (Å²) in [5, 5.41) is 6.65. The van der Waals surface area contributed by atoms with Crippen molar-refractivity contribution in [3.63, 3.8) is 0 Å². The maximum atomic E-state index is 12.3. The van der Waals surface area contributed by atoms with Crippen molar-refractivity contribution >= 4 is 5.91 Å². The van der Waals surface area contributed by atoms with Crippen LogP contribution in [0.2, 0.25) is 0 Å². The number of hydrogen-bond acceptors (Lipinski definition) is 2. The van der Waals surface area contributed by atoms with Gasteiger partial charge in [0.25, 0.3) is 0 Å². The van der Waals surface area contributed by atoms with Crippen LogP contribution in [0.5, 0.6) is 0 Å². The SMILES string of the molecule is CCCCC1CCC(CNC(=O)[C@H]2CCN[C@@H](C)C2)CC1. The summed E-state index contributed by atoms with van der Waals surface area (Å²) in [5.41, 5.74) is 0. The summed E-state index contributed by atoms with van der Waals surface area (Å²) in [5.74, 6) is 2.23. The minimum atomic E-state index is 0.238. The minimum absolute atomic E-state index is 0.238. The van der Waals surface area contributed by atoms with Gasteiger partial charge in [-0.15, -0.1) is 0 Å². The average molecular weight is 294 g/mol. The number of carbonyl (C=O) groups excluding carboxylic acids is 1. The first kappa shape index (κ1) is 16.8. The molecule has 1 heterocycles. The van der Waals surface area contributed by atoms with Crippen LogP contribution in [0.15, 0.2) is 0 Å². The van der Waals surface area contributed by atoms with Gasteiger partial charge < -0.3 is 10.6 Å². The Morgan fingerprint density at radius 2 is 1.86 bits per heavy atom. The highest BCUT2D eigenvalue weighted by Gasteiger charge is 2.26. The van der Waals surface area contributed by atoms with Crippen molar-refractivity contribution < 1.29 is 4.79 Å². The molecule has 1 saturated carbocycles. The van der Waals surface area contributed by atoms with Crippen LogP contribution >= 0.6 is 0 Å². The van der Waals surface area contributed by atoms with Crippen LogP contribution in [0.1, 0.15) is 71.6 Å². The third-order valence-electron chi connectivity index (χ3n) is 5.49. The number of unbranched alkanes of at least 4 members (excludes halogenated alkanes) is 1. The van der Waals surface area contributed by atoms with Gasteiger partial charge in [-0.3, -0.25) is 4.79 Å². The van der Waals surface area contributed by atoms with Gasteiger partial charge in [-0.05, 0) is 51.0 Å². The molecule has 3 nitrogen and oxygen atoms in total. The summed E-state index contributed by atoms with van der Waals surface area (Å²) < 4.78 is 0. The summed E-state index contributed by atoms with van der Waals surface area (Å²) in [4.78, 5) is 12.3. The molecular weight excluding hydrogens is 260 g/mol. The highest BCUT2D eigenvalue weighted by Crippen LogP contribution is 2.31. The fourth-order valence-electron chi connectivity index (χ4n) is 3.98. The predicted octanol–water partition coefficient (Wildman–Crippen LogP) is 3.49. The molecule has 3 heteroatoms. The molecule has 0 unspecified atom stereocenters. The van der Waals surface area contributed by atoms with E-state index in [1.54, 1.807) is 0 Å². The Morgan fingerprint density at radius 1 is 1.14 bits per heavy atom. The number of nitrogens with one attached hydrogen (secondary N) is 2. The summed E-state index contributed by atoms with van der Waals surface area (Å²) in [6, 6.07) is 0.489. The van der Waals surface area contributed by atoms with Gasteiger partial charge in [0.1, 0.15) is 0 Å². The zero-order valence-electron chi connectivity index (χ0n) is 14.0. The van der Waals surface area contributed by atoms with E-state index in [0.717, 1.165) is 37.8 Å². The molecule has 0 radical (unpaired) electrons. The molecule has 1 aliphatic carbocycles. The van der Waals surface area contributed by atoms with E-state index in [0.29, 0.717) is 11.9 Å². The van der Waals surface area contributed by atoms with Crippen LogP contribution in [0.3, 0.4) is 0 Å². The maximum Gasteiger partial charge on any atom is 0.223 e. The second-order valence-corrected chi connectivity index (χ2v) is 7.35. The zero-order valence-corrected chi connectivity index (χ0v) is 14.0. The van der Waals surface area contributed by atoms with Gasteiger partial charge in [0.05, 0.1) is 0 Å². The van der Waals surface area contributed by atoms with Gasteiger partial charge in [-0.1, -0.05) is 39.0 Å². The lowest BCUT2D eigenvalue weighted by Crippen LogP contribution is -2.43. The van der Waals surface area contributed by atoms with Crippen molar-refractivity contribution in [1.82, 2.24) is 10.6 Å². The second-order valence-electron chi connectivity index (χ2n) is 7.35. The molecule has 0 aromatic rings. The van der Waals surface area contributed by atoms with Gasteiger partial charge in [-0.25, -0.2) is 0 Å². The molecule has 122 valence electrons. The first-order chi connectivity index (χ1) is 10.2. The van der Waals surface area contributed by atoms with E-state index in [1.165, 1.54) is 44.9 Å². The largest absolute Gasteiger partial charge is 0.356 e. The molecule has 0 bridgehead atoms. The fourth-order valence-corrected chi connectivity index (χ4v) is 3.98. The molecule has 2 rings (SSSR count). The van der Waals surface area contributed by atoms with Crippen LogP contribution in [0, 0.1) is 17.8 Å². The average Bonchev–Trinajstić information content (AvgIpc) is 2.51. The number of rotatable bonds is 6. The Bertz CT molecular complexity index is 310. The molecule has 1 saturated heterocycles. The van der Waals surface area contributed by atoms with E-state index in [1.807, 2.05) is 0 Å². The van der Waals surface area contributed by atoms with Crippen molar-refractivity contribution in [3.8, 4) is 0 Å². The normalized spacial score (nSPS) is 33.6. The molecule has 0 aromatic heterocycles. The smallest absolute Gasteiger partial charge is 0.223 e. The standard InChI is InChI=1S/C18H34N2O/c1-3-4-5-15-6-8-16(9-7-15)13-20-18(21)17-10-11-19-14(2)12-17/h14-17,19H,3-13H2,1-2H3,(H,20,21)/t14-,15?,16?,17-/m0/s1. The molecule has 2 aliphatic rings. The molecule has 2 atom stereocenters. The number of piperidine rings is 1. The number of amides is 1. The van der Waals surface area contributed by atoms with Gasteiger partial charge in [0.15, 0.2) is 0 Å². The Labute approximate surface area is 130 Å². The summed E-state index contributed by atoms with van der Waals surface area (Å²) in [6.07, 6.45) is 11.5. The molecule has 21 heavy (non-hydrogen) atoms. The van der Waals surface area contributed by atoms with Crippen molar-refractivity contribution in [1.29, 1.82) is 0 Å². The van der Waals surface area contributed by atoms with Crippen LogP contribution in [0.25, 0.3) is 0 Å². The van der Waals surface area contributed by atoms with Crippen LogP contribution in [0.4, 0.5) is 0 Å². The number of carbonyl (C=O) groups is 1. The summed E-state index contributed by atoms with van der Waals surface area (Å²) >= 11 is 0. The van der Waals surface area contributed by atoms with Crippen molar-refractivity contribution in [2.75, 3.05) is 13.1 Å². The highest BCUT2D eigenvalue weighted by atomic mass is 16.1. The van der Waals surface area contributed by atoms with Crippen LogP contribution < -0.4 is 10.6 Å². The second kappa shape index (κ2) is 8.77. The third-order valence-corrected chi connectivity index (χ3v) is 5.49. The Kier molecular flexibility index (Phi) is 7.01. The third kappa shape index (κ3) is 5.61. The fraction of sp³-hybridized carbons (Fsp3) is 0.944. The molecule has 1 amide bonds. The molecule has 1 aliphatic heterocycles. The molecule has 0 spiro atoms. The first-order valence-corrected chi connectivity index (χ1v) is 9.20. The van der Waals surface area contributed by atoms with E-state index in [-0.39, 0.29) is 5.92 Å². The molecule has 0 aromatic carbocycles. The van der Waals surface area contributed by atoms with E-state index in [2.05, 4.69) is 24.5 Å². The number of hydrogen-bond donors (Lipinski definition) is 2. The molecule has 2 fully saturated rings. The van der Waals surface area contributed by atoms with Gasteiger partial charge in [-0.2, -0.15) is 0 Å². The van der Waals surface area contributed by atoms with Crippen molar-refractivity contribution in [2.45, 2.75) is 77.7 Å². The van der Waals surface area contributed by atoms with Gasteiger partial charge >= 0.3 is 0 Å². The summed E-state index contributed by atoms with van der Waals surface area (Å²) in [7, 11) is 0. The first-order valence-electron chi connectivity index (χ1n) is 9.20. The van der Waals surface area contributed by atoms with E-state index >= 15 is 0 Å². The predicted molar refractivity (Wildman–Crippen MR) is 88.2 cm³/mol. The van der Waals surface area contributed by atoms with E-state index in [9.17, 15) is 4.79 Å². The van der Waals surface area contributed by atoms with E-state index in [4.69, 9.17) is 0 Å². The van der Waals surface area contributed by atoms with Crippen LogP contribution in [-0.2, 0) is 4.79 Å². The van der Waals surface area contributed by atoms with Gasteiger partial charge in [0.2, 0.25) is 5.91 Å². The zero-order chi connectivity index (χ0) is 15.1. The molecular formula is C18H34N2O. The molecule has 2 N–H and O–H groups in total. The Balaban J connectivity index is 1.61.